The molecule has 0 bridgehead atoms. The van der Waals surface area contributed by atoms with Crippen molar-refractivity contribution in [2.24, 2.45) is 0 Å². The summed E-state index contributed by atoms with van der Waals surface area (Å²) in [4.78, 5) is 40.5. The third-order valence-electron chi connectivity index (χ3n) is 6.41. The van der Waals surface area contributed by atoms with Crippen LogP contribution in [0.2, 0.25) is 0 Å². The van der Waals surface area contributed by atoms with Gasteiger partial charge in [0.1, 0.15) is 12.4 Å². The molecule has 2 saturated heterocycles. The van der Waals surface area contributed by atoms with Gasteiger partial charge in [-0.1, -0.05) is 18.2 Å². The van der Waals surface area contributed by atoms with Gasteiger partial charge in [0, 0.05) is 43.5 Å². The average Bonchev–Trinajstić information content (AvgIpc) is 3.57. The van der Waals surface area contributed by atoms with Gasteiger partial charge in [0.15, 0.2) is 5.82 Å². The largest absolute Gasteiger partial charge is 0.470 e. The maximum absolute atomic E-state index is 12.7. The lowest BCUT2D eigenvalue weighted by Gasteiger charge is -2.38. The number of piperidine rings is 1. The van der Waals surface area contributed by atoms with Crippen LogP contribution in [0.1, 0.15) is 46.7 Å². The Kier molecular flexibility index (Phi) is 7.03. The van der Waals surface area contributed by atoms with Gasteiger partial charge < -0.3 is 19.9 Å². The number of para-hydroxylation sites is 2. The van der Waals surface area contributed by atoms with Crippen LogP contribution in [0.4, 0.5) is 0 Å². The number of aromatic nitrogens is 5. The van der Waals surface area contributed by atoms with Gasteiger partial charge in [0.2, 0.25) is 11.8 Å². The summed E-state index contributed by atoms with van der Waals surface area (Å²) >= 11 is 0. The molecule has 2 aliphatic rings. The first-order valence-electron chi connectivity index (χ1n) is 12.1. The predicted octanol–water partition coefficient (Wildman–Crippen LogP) is 2.87. The molecule has 186 valence electrons. The fourth-order valence-electron chi connectivity index (χ4n) is 4.42. The second-order valence-corrected chi connectivity index (χ2v) is 8.98. The summed E-state index contributed by atoms with van der Waals surface area (Å²) in [6.45, 7) is 4.63. The molecule has 36 heavy (non-hydrogen) atoms. The molecule has 4 aromatic rings. The molecule has 1 unspecified atom stereocenters. The van der Waals surface area contributed by atoms with Crippen molar-refractivity contribution >= 4 is 22.8 Å². The Morgan fingerprint density at radius 3 is 2.67 bits per heavy atom. The first kappa shape index (κ1) is 23.7. The van der Waals surface area contributed by atoms with E-state index in [9.17, 15) is 9.59 Å². The monoisotopic (exact) mass is 487 g/mol. The molecule has 3 aromatic heterocycles. The molecule has 1 amide bonds. The van der Waals surface area contributed by atoms with E-state index in [4.69, 9.17) is 4.74 Å². The van der Waals surface area contributed by atoms with Gasteiger partial charge in [0.05, 0.1) is 24.1 Å². The van der Waals surface area contributed by atoms with E-state index in [1.54, 1.807) is 23.5 Å². The lowest BCUT2D eigenvalue weighted by molar-refractivity contribution is 0.0146. The zero-order valence-electron chi connectivity index (χ0n) is 20.1. The van der Waals surface area contributed by atoms with Crippen LogP contribution >= 0.6 is 0 Å². The Morgan fingerprint density at radius 2 is 1.97 bits per heavy atom. The number of imidazole rings is 2. The third kappa shape index (κ3) is 5.28. The van der Waals surface area contributed by atoms with Crippen LogP contribution in [-0.4, -0.2) is 73.5 Å². The molecule has 2 N–H and O–H groups in total. The zero-order valence-corrected chi connectivity index (χ0v) is 20.1. The topological polar surface area (TPSA) is 118 Å². The molecule has 10 heteroatoms. The van der Waals surface area contributed by atoms with Crippen molar-refractivity contribution in [1.29, 1.82) is 0 Å². The van der Waals surface area contributed by atoms with Gasteiger partial charge >= 0.3 is 0 Å². The second kappa shape index (κ2) is 10.7. The summed E-state index contributed by atoms with van der Waals surface area (Å²) in [6.07, 6.45) is 8.72. The Balaban J connectivity index is 0.000000286. The zero-order chi connectivity index (χ0) is 24.9. The maximum atomic E-state index is 12.7. The highest BCUT2D eigenvalue weighted by Gasteiger charge is 2.35. The number of nitrogens with zero attached hydrogens (tertiary/aromatic N) is 5. The lowest BCUT2D eigenvalue weighted by atomic mass is 9.92. The number of amides is 1. The Labute approximate surface area is 208 Å². The average molecular weight is 488 g/mol. The van der Waals surface area contributed by atoms with E-state index in [1.807, 2.05) is 30.3 Å². The summed E-state index contributed by atoms with van der Waals surface area (Å²) < 4.78 is 7.56. The quantitative estimate of drug-likeness (QED) is 0.454. The molecule has 1 aromatic carbocycles. The van der Waals surface area contributed by atoms with Crippen molar-refractivity contribution in [3.8, 4) is 5.88 Å². The predicted molar refractivity (Wildman–Crippen MR) is 134 cm³/mol. The number of hydrogen-bond donors (Lipinski definition) is 2. The molecule has 0 aliphatic carbocycles. The normalized spacial score (nSPS) is 17.7. The number of hydrogen-bond acceptors (Lipinski definition) is 7. The third-order valence-corrected chi connectivity index (χ3v) is 6.41. The minimum absolute atomic E-state index is 0.0116. The van der Waals surface area contributed by atoms with Crippen molar-refractivity contribution < 1.29 is 14.3 Å². The standard InChI is InChI=1S/C21H23N5O2.C5H6N2O/c27-21(19-24-17-7-1-2-8-18(17)25-19)26-12-15(13-26)28-20-16(6-4-10-23-20)14-5-3-9-22-11-14;1-5(8)7-3-2-6-4-7/h1-2,4,6-8,10,14-15,22H,3,5,9,11-13H2,(H,24,25);2-4H,1H3. The van der Waals surface area contributed by atoms with Crippen LogP contribution in [-0.2, 0) is 0 Å². The first-order valence-corrected chi connectivity index (χ1v) is 12.1. The maximum Gasteiger partial charge on any atom is 0.289 e. The summed E-state index contributed by atoms with van der Waals surface area (Å²) in [5.74, 6) is 1.42. The van der Waals surface area contributed by atoms with E-state index in [0.717, 1.165) is 36.1 Å². The van der Waals surface area contributed by atoms with Crippen molar-refractivity contribution in [3.63, 3.8) is 0 Å². The minimum atomic E-state index is -0.0891. The molecule has 5 heterocycles. The smallest absolute Gasteiger partial charge is 0.289 e. The van der Waals surface area contributed by atoms with Gasteiger partial charge in [-0.25, -0.2) is 15.0 Å². The number of nitrogens with one attached hydrogen (secondary N) is 2. The molecular weight excluding hydrogens is 458 g/mol. The summed E-state index contributed by atoms with van der Waals surface area (Å²) in [5.41, 5.74) is 2.84. The number of fused-ring (bicyclic) bond motifs is 1. The van der Waals surface area contributed by atoms with E-state index in [1.165, 1.54) is 24.2 Å². The molecule has 0 radical (unpaired) electrons. The molecular formula is C26H29N7O3. The number of carbonyl (C=O) groups is 2. The number of likely N-dealkylation sites (tertiary alicyclic amines) is 1. The second-order valence-electron chi connectivity index (χ2n) is 8.98. The number of ether oxygens (including phenoxy) is 1. The van der Waals surface area contributed by atoms with Gasteiger partial charge in [-0.05, 0) is 37.6 Å². The van der Waals surface area contributed by atoms with Crippen LogP contribution < -0.4 is 10.1 Å². The molecule has 0 saturated carbocycles. The number of H-pyrrole nitrogens is 1. The van der Waals surface area contributed by atoms with E-state index < -0.39 is 0 Å². The van der Waals surface area contributed by atoms with Crippen molar-refractivity contribution in [2.45, 2.75) is 31.8 Å². The summed E-state index contributed by atoms with van der Waals surface area (Å²) in [7, 11) is 0. The highest BCUT2D eigenvalue weighted by atomic mass is 16.5. The molecule has 2 aliphatic heterocycles. The van der Waals surface area contributed by atoms with Crippen molar-refractivity contribution in [3.05, 3.63) is 72.7 Å². The Bertz CT molecular complexity index is 1290. The van der Waals surface area contributed by atoms with Crippen LogP contribution in [0.25, 0.3) is 11.0 Å². The highest BCUT2D eigenvalue weighted by molar-refractivity contribution is 5.94. The molecule has 1 atom stereocenters. The highest BCUT2D eigenvalue weighted by Crippen LogP contribution is 2.31. The van der Waals surface area contributed by atoms with Crippen LogP contribution in [0.3, 0.4) is 0 Å². The summed E-state index contributed by atoms with van der Waals surface area (Å²) in [5, 5.41) is 3.45. The minimum Gasteiger partial charge on any atom is -0.470 e. The van der Waals surface area contributed by atoms with Gasteiger partial charge in [0.25, 0.3) is 5.91 Å². The van der Waals surface area contributed by atoms with E-state index in [-0.39, 0.29) is 17.9 Å². The molecule has 10 nitrogen and oxygen atoms in total. The SMILES string of the molecule is CC(=O)n1ccnc1.O=C(c1nc2ccccc2[nH]1)N1CC(Oc2ncccc2C2CCCNC2)C1. The fourth-order valence-corrected chi connectivity index (χ4v) is 4.42. The van der Waals surface area contributed by atoms with E-state index in [0.29, 0.717) is 30.7 Å². The number of rotatable bonds is 4. The Morgan fingerprint density at radius 1 is 1.11 bits per heavy atom. The molecule has 0 spiro atoms. The van der Waals surface area contributed by atoms with Crippen molar-refractivity contribution in [2.75, 3.05) is 26.2 Å². The van der Waals surface area contributed by atoms with Gasteiger partial charge in [-0.15, -0.1) is 0 Å². The van der Waals surface area contributed by atoms with E-state index in [2.05, 4.69) is 31.3 Å². The lowest BCUT2D eigenvalue weighted by Crippen LogP contribution is -2.56. The number of pyridine rings is 1. The van der Waals surface area contributed by atoms with Gasteiger partial charge in [-0.2, -0.15) is 0 Å². The number of carbonyl (C=O) groups excluding carboxylic acids is 2. The van der Waals surface area contributed by atoms with E-state index >= 15 is 0 Å². The van der Waals surface area contributed by atoms with Crippen LogP contribution in [0.15, 0.2) is 61.3 Å². The molecule has 6 rings (SSSR count). The number of aromatic amines is 1. The van der Waals surface area contributed by atoms with Crippen molar-refractivity contribution in [1.82, 2.24) is 34.7 Å². The van der Waals surface area contributed by atoms with Crippen LogP contribution in [0.5, 0.6) is 5.88 Å². The van der Waals surface area contributed by atoms with Crippen LogP contribution in [0, 0.1) is 0 Å². The number of benzene rings is 1. The Hall–Kier alpha value is -4.05. The molecule has 2 fully saturated rings. The van der Waals surface area contributed by atoms with Gasteiger partial charge in [-0.3, -0.25) is 14.2 Å². The summed E-state index contributed by atoms with van der Waals surface area (Å²) in [6, 6.07) is 11.7. The first-order chi connectivity index (χ1) is 17.6. The fraction of sp³-hybridized carbons (Fsp3) is 0.346.